The zero-order valence-electron chi connectivity index (χ0n) is 11.0. The van der Waals surface area contributed by atoms with Gasteiger partial charge >= 0.3 is 0 Å². The van der Waals surface area contributed by atoms with Crippen LogP contribution in [-0.2, 0) is 9.53 Å². The number of hydrogen-bond donors (Lipinski definition) is 1. The van der Waals surface area contributed by atoms with Crippen molar-refractivity contribution in [3.05, 3.63) is 0 Å². The summed E-state index contributed by atoms with van der Waals surface area (Å²) in [6.07, 6.45) is 0.610. The first-order valence-corrected chi connectivity index (χ1v) is 6.35. The van der Waals surface area contributed by atoms with Gasteiger partial charge in [-0.15, -0.1) is 0 Å². The third-order valence-electron chi connectivity index (χ3n) is 3.25. The highest BCUT2D eigenvalue weighted by Gasteiger charge is 2.38. The van der Waals surface area contributed by atoms with Crippen molar-refractivity contribution in [2.75, 3.05) is 26.2 Å². The minimum Gasteiger partial charge on any atom is -0.467 e. The lowest BCUT2D eigenvalue weighted by Crippen LogP contribution is -2.37. The number of carbonyl (C=O) groups is 1. The summed E-state index contributed by atoms with van der Waals surface area (Å²) in [6, 6.07) is 0.190. The summed E-state index contributed by atoms with van der Waals surface area (Å²) in [4.78, 5) is 12.2. The lowest BCUT2D eigenvalue weighted by molar-refractivity contribution is -0.129. The molecule has 1 rings (SSSR count). The fourth-order valence-corrected chi connectivity index (χ4v) is 2.17. The van der Waals surface area contributed by atoms with Crippen LogP contribution >= 0.6 is 0 Å². The molecule has 106 valence electrons. The highest BCUT2D eigenvalue weighted by atomic mass is 19.3. The van der Waals surface area contributed by atoms with E-state index in [0.717, 1.165) is 6.54 Å². The monoisotopic (exact) mass is 264 g/mol. The van der Waals surface area contributed by atoms with Crippen molar-refractivity contribution in [3.63, 3.8) is 0 Å². The van der Waals surface area contributed by atoms with Crippen LogP contribution in [0.5, 0.6) is 0 Å². The van der Waals surface area contributed by atoms with Gasteiger partial charge in [0.1, 0.15) is 6.61 Å². The maximum absolute atomic E-state index is 13.0. The molecule has 1 fully saturated rings. The van der Waals surface area contributed by atoms with Gasteiger partial charge in [-0.2, -0.15) is 0 Å². The van der Waals surface area contributed by atoms with Gasteiger partial charge in [0, 0.05) is 31.6 Å². The van der Waals surface area contributed by atoms with Crippen LogP contribution in [0.1, 0.15) is 26.7 Å². The number of hydrogen-bond acceptors (Lipinski definition) is 4. The molecule has 4 nitrogen and oxygen atoms in total. The summed E-state index contributed by atoms with van der Waals surface area (Å²) in [6.45, 7) is 6.00. The van der Waals surface area contributed by atoms with E-state index in [-0.39, 0.29) is 19.0 Å². The summed E-state index contributed by atoms with van der Waals surface area (Å²) >= 11 is 0. The van der Waals surface area contributed by atoms with E-state index in [2.05, 4.69) is 15.0 Å². The second-order valence-corrected chi connectivity index (χ2v) is 5.02. The number of carbonyl (C=O) groups excluding carboxylic acids is 1. The van der Waals surface area contributed by atoms with Crippen LogP contribution < -0.4 is 5.32 Å². The Balaban J connectivity index is 2.27. The second-order valence-electron chi connectivity index (χ2n) is 5.02. The van der Waals surface area contributed by atoms with Crippen molar-refractivity contribution < 1.29 is 18.3 Å². The van der Waals surface area contributed by atoms with Crippen LogP contribution in [0.15, 0.2) is 0 Å². The van der Waals surface area contributed by atoms with E-state index >= 15 is 0 Å². The SMILES string of the molecule is CC(C)N(CCOC=O)CCC1CC(F)(F)CN1. The fourth-order valence-electron chi connectivity index (χ4n) is 2.17. The van der Waals surface area contributed by atoms with Crippen LogP contribution in [0, 0.1) is 0 Å². The minimum absolute atomic E-state index is 0.0796. The van der Waals surface area contributed by atoms with Gasteiger partial charge in [-0.1, -0.05) is 0 Å². The van der Waals surface area contributed by atoms with E-state index in [1.165, 1.54) is 0 Å². The van der Waals surface area contributed by atoms with Crippen LogP contribution in [0.3, 0.4) is 0 Å². The second kappa shape index (κ2) is 6.99. The van der Waals surface area contributed by atoms with E-state index in [1.807, 2.05) is 13.8 Å². The molecule has 1 atom stereocenters. The molecule has 0 radical (unpaired) electrons. The Morgan fingerprint density at radius 2 is 2.22 bits per heavy atom. The molecule has 6 heteroatoms. The average molecular weight is 264 g/mol. The molecule has 1 heterocycles. The summed E-state index contributed by atoms with van der Waals surface area (Å²) in [7, 11) is 0. The topological polar surface area (TPSA) is 41.6 Å². The molecule has 1 aliphatic heterocycles. The largest absolute Gasteiger partial charge is 0.467 e. The first kappa shape index (κ1) is 15.3. The number of alkyl halides is 2. The Kier molecular flexibility index (Phi) is 5.95. The zero-order chi connectivity index (χ0) is 13.6. The highest BCUT2D eigenvalue weighted by Crippen LogP contribution is 2.26. The van der Waals surface area contributed by atoms with Gasteiger partial charge < -0.3 is 10.1 Å². The molecule has 0 saturated carbocycles. The van der Waals surface area contributed by atoms with Crippen molar-refractivity contribution in [3.8, 4) is 0 Å². The first-order valence-electron chi connectivity index (χ1n) is 6.35. The predicted octanol–water partition coefficient (Wildman–Crippen LogP) is 1.26. The molecule has 1 saturated heterocycles. The third-order valence-corrected chi connectivity index (χ3v) is 3.25. The molecular formula is C12H22F2N2O2. The van der Waals surface area contributed by atoms with Crippen molar-refractivity contribution in [1.82, 2.24) is 10.2 Å². The molecule has 18 heavy (non-hydrogen) atoms. The Bertz CT molecular complexity index is 262. The molecule has 0 amide bonds. The van der Waals surface area contributed by atoms with Gasteiger partial charge in [0.15, 0.2) is 0 Å². The number of nitrogens with one attached hydrogen (secondary N) is 1. The van der Waals surface area contributed by atoms with Gasteiger partial charge in [0.05, 0.1) is 6.54 Å². The first-order chi connectivity index (χ1) is 8.44. The molecule has 1 N–H and O–H groups in total. The molecule has 0 bridgehead atoms. The molecule has 0 aromatic carbocycles. The number of nitrogens with zero attached hydrogens (tertiary/aromatic N) is 1. The van der Waals surface area contributed by atoms with Gasteiger partial charge in [0.2, 0.25) is 0 Å². The summed E-state index contributed by atoms with van der Waals surface area (Å²) in [5.74, 6) is -2.56. The molecule has 1 aliphatic rings. The number of halogens is 2. The lowest BCUT2D eigenvalue weighted by Gasteiger charge is -2.27. The molecular weight excluding hydrogens is 242 g/mol. The molecule has 0 aliphatic carbocycles. The van der Waals surface area contributed by atoms with E-state index < -0.39 is 5.92 Å². The normalized spacial score (nSPS) is 22.7. The van der Waals surface area contributed by atoms with E-state index in [4.69, 9.17) is 0 Å². The minimum atomic E-state index is -2.56. The maximum atomic E-state index is 13.0. The smallest absolute Gasteiger partial charge is 0.293 e. The molecule has 0 aromatic rings. The Morgan fingerprint density at radius 3 is 2.72 bits per heavy atom. The van der Waals surface area contributed by atoms with Crippen LogP contribution in [0.2, 0.25) is 0 Å². The van der Waals surface area contributed by atoms with Crippen LogP contribution in [-0.4, -0.2) is 55.6 Å². The maximum Gasteiger partial charge on any atom is 0.293 e. The third kappa shape index (κ3) is 5.27. The summed E-state index contributed by atoms with van der Waals surface area (Å²) < 4.78 is 30.6. The van der Waals surface area contributed by atoms with E-state index in [0.29, 0.717) is 32.1 Å². The van der Waals surface area contributed by atoms with Crippen molar-refractivity contribution >= 4 is 6.47 Å². The predicted molar refractivity (Wildman–Crippen MR) is 64.7 cm³/mol. The van der Waals surface area contributed by atoms with Crippen molar-refractivity contribution in [2.45, 2.75) is 44.7 Å². The Morgan fingerprint density at radius 1 is 1.50 bits per heavy atom. The van der Waals surface area contributed by atoms with E-state index in [9.17, 15) is 13.6 Å². The number of rotatable bonds is 8. The number of ether oxygens (including phenoxy) is 1. The van der Waals surface area contributed by atoms with Gasteiger partial charge in [0.25, 0.3) is 12.4 Å². The molecule has 1 unspecified atom stereocenters. The van der Waals surface area contributed by atoms with Crippen molar-refractivity contribution in [1.29, 1.82) is 0 Å². The fraction of sp³-hybridized carbons (Fsp3) is 0.917. The van der Waals surface area contributed by atoms with Crippen LogP contribution in [0.4, 0.5) is 8.78 Å². The van der Waals surface area contributed by atoms with Gasteiger partial charge in [-0.3, -0.25) is 9.69 Å². The standard InChI is InChI=1S/C12H22F2N2O2/c1-10(2)16(5-6-18-9-17)4-3-11-7-12(13,14)8-15-11/h9-11,15H,3-8H2,1-2H3. The lowest BCUT2D eigenvalue weighted by atomic mass is 10.1. The Labute approximate surface area is 107 Å². The zero-order valence-corrected chi connectivity index (χ0v) is 11.0. The molecule has 0 spiro atoms. The highest BCUT2D eigenvalue weighted by molar-refractivity contribution is 5.36. The quantitative estimate of drug-likeness (QED) is 0.529. The van der Waals surface area contributed by atoms with Gasteiger partial charge in [-0.05, 0) is 20.3 Å². The average Bonchev–Trinajstić information content (AvgIpc) is 2.63. The van der Waals surface area contributed by atoms with Crippen molar-refractivity contribution in [2.24, 2.45) is 0 Å². The summed E-state index contributed by atoms with van der Waals surface area (Å²) in [5, 5.41) is 2.84. The van der Waals surface area contributed by atoms with Gasteiger partial charge in [-0.25, -0.2) is 8.78 Å². The molecule has 0 aromatic heterocycles. The van der Waals surface area contributed by atoms with E-state index in [1.54, 1.807) is 0 Å². The summed E-state index contributed by atoms with van der Waals surface area (Å²) in [5.41, 5.74) is 0. The Hall–Kier alpha value is -0.750. The van der Waals surface area contributed by atoms with Crippen LogP contribution in [0.25, 0.3) is 0 Å².